The van der Waals surface area contributed by atoms with Gasteiger partial charge in [0.1, 0.15) is 17.4 Å². The summed E-state index contributed by atoms with van der Waals surface area (Å²) in [4.78, 5) is 12.2. The highest BCUT2D eigenvalue weighted by Gasteiger charge is 2.27. The van der Waals surface area contributed by atoms with E-state index in [2.05, 4.69) is 11.4 Å². The lowest BCUT2D eigenvalue weighted by Crippen LogP contribution is -2.39. The van der Waals surface area contributed by atoms with Crippen molar-refractivity contribution in [1.82, 2.24) is 5.32 Å². The molecule has 1 aromatic rings. The van der Waals surface area contributed by atoms with Gasteiger partial charge in [-0.2, -0.15) is 5.26 Å². The molecule has 1 heterocycles. The Morgan fingerprint density at radius 2 is 2.09 bits per heavy atom. The van der Waals surface area contributed by atoms with Crippen LogP contribution in [0.25, 0.3) is 0 Å². The lowest BCUT2D eigenvalue weighted by Gasteiger charge is -2.21. The monoisotopic (exact) mass is 302 g/mol. The molecule has 0 aliphatic carbocycles. The summed E-state index contributed by atoms with van der Waals surface area (Å²) in [5.74, 6) is 0.531. The van der Waals surface area contributed by atoms with Gasteiger partial charge in [-0.05, 0) is 51.5 Å². The van der Waals surface area contributed by atoms with Crippen LogP contribution in [0, 0.1) is 17.2 Å². The van der Waals surface area contributed by atoms with Crippen LogP contribution >= 0.6 is 0 Å². The normalized spacial score (nSPS) is 19.3. The first-order valence-electron chi connectivity index (χ1n) is 7.46. The van der Waals surface area contributed by atoms with Gasteiger partial charge in [-0.15, -0.1) is 0 Å². The van der Waals surface area contributed by atoms with Gasteiger partial charge in [-0.25, -0.2) is 0 Å². The van der Waals surface area contributed by atoms with Crippen LogP contribution < -0.4 is 10.1 Å². The molecule has 5 heteroatoms. The van der Waals surface area contributed by atoms with E-state index in [-0.39, 0.29) is 17.4 Å². The molecule has 1 saturated heterocycles. The van der Waals surface area contributed by atoms with E-state index in [1.54, 1.807) is 24.3 Å². The van der Waals surface area contributed by atoms with Gasteiger partial charge in [-0.1, -0.05) is 0 Å². The molecular weight excluding hydrogens is 280 g/mol. The number of hydrogen-bond donors (Lipinski definition) is 1. The molecule has 0 radical (unpaired) electrons. The lowest BCUT2D eigenvalue weighted by atomic mass is 10.00. The number of hydrogen-bond acceptors (Lipinski definition) is 4. The number of ether oxygens (including phenoxy) is 2. The molecule has 1 fully saturated rings. The molecule has 0 saturated carbocycles. The number of rotatable bonds is 4. The second-order valence-corrected chi connectivity index (χ2v) is 6.44. The standard InChI is InChI=1S/C17H22N2O3/c1-17(2,3)22-14-6-4-12(5-7-14)16(20)19-15(10-18)13-8-9-21-11-13/h4-7,13,15H,8-9,11H2,1-3H3,(H,19,20)/t13-,15+/m1/s1. The van der Waals surface area contributed by atoms with Crippen molar-refractivity contribution in [3.05, 3.63) is 29.8 Å². The molecule has 1 aromatic carbocycles. The van der Waals surface area contributed by atoms with E-state index < -0.39 is 6.04 Å². The van der Waals surface area contributed by atoms with Gasteiger partial charge in [0.2, 0.25) is 0 Å². The average molecular weight is 302 g/mol. The molecular formula is C17H22N2O3. The minimum Gasteiger partial charge on any atom is -0.488 e. The number of nitrogens with one attached hydrogen (secondary N) is 1. The van der Waals surface area contributed by atoms with E-state index in [0.29, 0.717) is 24.5 Å². The molecule has 1 amide bonds. The summed E-state index contributed by atoms with van der Waals surface area (Å²) in [5, 5.41) is 12.0. The van der Waals surface area contributed by atoms with E-state index in [4.69, 9.17) is 9.47 Å². The van der Waals surface area contributed by atoms with Gasteiger partial charge in [0.25, 0.3) is 5.91 Å². The number of nitriles is 1. The van der Waals surface area contributed by atoms with Crippen LogP contribution in [0.5, 0.6) is 5.75 Å². The topological polar surface area (TPSA) is 71.3 Å². The molecule has 22 heavy (non-hydrogen) atoms. The van der Waals surface area contributed by atoms with Crippen molar-refractivity contribution in [2.75, 3.05) is 13.2 Å². The Hall–Kier alpha value is -2.06. The van der Waals surface area contributed by atoms with Crippen LogP contribution in [0.15, 0.2) is 24.3 Å². The zero-order valence-corrected chi connectivity index (χ0v) is 13.3. The summed E-state index contributed by atoms with van der Waals surface area (Å²) in [6.07, 6.45) is 0.802. The number of benzene rings is 1. The molecule has 0 spiro atoms. The van der Waals surface area contributed by atoms with Gasteiger partial charge in [0.05, 0.1) is 12.7 Å². The van der Waals surface area contributed by atoms with Crippen LogP contribution in [0.2, 0.25) is 0 Å². The maximum Gasteiger partial charge on any atom is 0.252 e. The summed E-state index contributed by atoms with van der Waals surface area (Å²) in [6.45, 7) is 7.08. The highest BCUT2D eigenvalue weighted by molar-refractivity contribution is 5.94. The third kappa shape index (κ3) is 4.47. The number of nitrogens with zero attached hydrogens (tertiary/aromatic N) is 1. The van der Waals surface area contributed by atoms with Gasteiger partial charge in [0, 0.05) is 18.1 Å². The average Bonchev–Trinajstić information content (AvgIpc) is 2.97. The Morgan fingerprint density at radius 1 is 1.41 bits per heavy atom. The van der Waals surface area contributed by atoms with Crippen LogP contribution in [0.1, 0.15) is 37.6 Å². The minimum absolute atomic E-state index is 0.0671. The van der Waals surface area contributed by atoms with E-state index in [9.17, 15) is 10.1 Å². The van der Waals surface area contributed by atoms with E-state index in [1.807, 2.05) is 20.8 Å². The highest BCUT2D eigenvalue weighted by atomic mass is 16.5. The Bertz CT molecular complexity index is 549. The van der Waals surface area contributed by atoms with Crippen molar-refractivity contribution in [3.63, 3.8) is 0 Å². The highest BCUT2D eigenvalue weighted by Crippen LogP contribution is 2.20. The van der Waals surface area contributed by atoms with E-state index >= 15 is 0 Å². The minimum atomic E-state index is -0.513. The van der Waals surface area contributed by atoms with Crippen molar-refractivity contribution >= 4 is 5.91 Å². The maximum absolute atomic E-state index is 12.2. The molecule has 1 aliphatic heterocycles. The summed E-state index contributed by atoms with van der Waals surface area (Å²) >= 11 is 0. The van der Waals surface area contributed by atoms with E-state index in [1.165, 1.54) is 0 Å². The smallest absolute Gasteiger partial charge is 0.252 e. The van der Waals surface area contributed by atoms with Gasteiger partial charge < -0.3 is 14.8 Å². The zero-order valence-electron chi connectivity index (χ0n) is 13.3. The van der Waals surface area contributed by atoms with E-state index in [0.717, 1.165) is 6.42 Å². The molecule has 0 aromatic heterocycles. The van der Waals surface area contributed by atoms with Crippen molar-refractivity contribution in [3.8, 4) is 11.8 Å². The van der Waals surface area contributed by atoms with Crippen molar-refractivity contribution in [2.24, 2.45) is 5.92 Å². The number of amides is 1. The molecule has 0 bridgehead atoms. The summed E-state index contributed by atoms with van der Waals surface area (Å²) < 4.78 is 11.0. The largest absolute Gasteiger partial charge is 0.488 e. The first-order chi connectivity index (χ1) is 10.4. The van der Waals surface area contributed by atoms with Crippen LogP contribution in [-0.2, 0) is 4.74 Å². The number of carbonyl (C=O) groups is 1. The SMILES string of the molecule is CC(C)(C)Oc1ccc(C(=O)N[C@@H](C#N)[C@@H]2CCOC2)cc1. The van der Waals surface area contributed by atoms with Crippen molar-refractivity contribution in [1.29, 1.82) is 5.26 Å². The first-order valence-corrected chi connectivity index (χ1v) is 7.46. The zero-order chi connectivity index (χ0) is 16.2. The Kier molecular flexibility index (Phi) is 5.04. The second-order valence-electron chi connectivity index (χ2n) is 6.44. The Morgan fingerprint density at radius 3 is 2.59 bits per heavy atom. The second kappa shape index (κ2) is 6.80. The van der Waals surface area contributed by atoms with Gasteiger partial charge >= 0.3 is 0 Å². The Balaban J connectivity index is 1.98. The van der Waals surface area contributed by atoms with Crippen LogP contribution in [0.4, 0.5) is 0 Å². The molecule has 1 aliphatic rings. The number of carbonyl (C=O) groups excluding carboxylic acids is 1. The van der Waals surface area contributed by atoms with Crippen LogP contribution in [-0.4, -0.2) is 30.8 Å². The fraction of sp³-hybridized carbons (Fsp3) is 0.529. The molecule has 2 atom stereocenters. The molecule has 0 unspecified atom stereocenters. The summed E-state index contributed by atoms with van der Waals surface area (Å²) in [6, 6.07) is 8.57. The summed E-state index contributed by atoms with van der Waals surface area (Å²) in [7, 11) is 0. The van der Waals surface area contributed by atoms with Crippen molar-refractivity contribution < 1.29 is 14.3 Å². The molecule has 2 rings (SSSR count). The quantitative estimate of drug-likeness (QED) is 0.927. The first kappa shape index (κ1) is 16.3. The lowest BCUT2D eigenvalue weighted by molar-refractivity contribution is 0.0931. The fourth-order valence-electron chi connectivity index (χ4n) is 2.32. The predicted octanol–water partition coefficient (Wildman–Crippen LogP) is 2.52. The predicted molar refractivity (Wildman–Crippen MR) is 82.6 cm³/mol. The van der Waals surface area contributed by atoms with Gasteiger partial charge in [0.15, 0.2) is 0 Å². The maximum atomic E-state index is 12.2. The third-order valence-electron chi connectivity index (χ3n) is 3.40. The molecule has 118 valence electrons. The Labute approximate surface area is 131 Å². The molecule has 5 nitrogen and oxygen atoms in total. The van der Waals surface area contributed by atoms with Crippen molar-refractivity contribution in [2.45, 2.75) is 38.8 Å². The molecule has 1 N–H and O–H groups in total. The fourth-order valence-corrected chi connectivity index (χ4v) is 2.32. The third-order valence-corrected chi connectivity index (χ3v) is 3.40. The summed E-state index contributed by atoms with van der Waals surface area (Å²) in [5.41, 5.74) is 0.235. The van der Waals surface area contributed by atoms with Crippen LogP contribution in [0.3, 0.4) is 0 Å². The van der Waals surface area contributed by atoms with Gasteiger partial charge in [-0.3, -0.25) is 4.79 Å².